The molecule has 8 heteroatoms. The van der Waals surface area contributed by atoms with Gasteiger partial charge in [-0.15, -0.1) is 11.3 Å². The fourth-order valence-electron chi connectivity index (χ4n) is 2.94. The van der Waals surface area contributed by atoms with E-state index in [9.17, 15) is 8.42 Å². The molecule has 0 aromatic carbocycles. The average Bonchev–Trinajstić information content (AvgIpc) is 3.02. The lowest BCUT2D eigenvalue weighted by atomic mass is 9.80. The highest BCUT2D eigenvalue weighted by Crippen LogP contribution is 2.29. The van der Waals surface area contributed by atoms with E-state index < -0.39 is 10.0 Å². The van der Waals surface area contributed by atoms with Crippen LogP contribution >= 0.6 is 11.3 Å². The topological polar surface area (TPSA) is 80.3 Å². The van der Waals surface area contributed by atoms with Gasteiger partial charge in [0.1, 0.15) is 4.90 Å². The minimum Gasteiger partial charge on any atom is -0.384 e. The van der Waals surface area contributed by atoms with Crippen molar-refractivity contribution in [3.63, 3.8) is 0 Å². The molecule has 0 amide bonds. The molecule has 1 fully saturated rings. The molecule has 0 aliphatic carbocycles. The number of thiophene rings is 1. The number of nitrogens with one attached hydrogen (secondary N) is 2. The number of pyridine rings is 1. The molecule has 0 bridgehead atoms. The molecule has 1 aliphatic rings. The molecule has 2 aromatic rings. The van der Waals surface area contributed by atoms with Crippen LogP contribution in [0.2, 0.25) is 0 Å². The lowest BCUT2D eigenvalue weighted by Crippen LogP contribution is -2.47. The molecule has 6 nitrogen and oxygen atoms in total. The maximum absolute atomic E-state index is 12.6. The standard InChI is InChI=1S/C15H21N3O3S2/c1-21-11-15(3-5-16-6-4-15)10-18-23(19,20)12-8-14-13(17-9-12)2-7-22-14/h2,7-9,16,18H,3-6,10-11H2,1H3. The fraction of sp³-hybridized carbons (Fsp3) is 0.533. The summed E-state index contributed by atoms with van der Waals surface area (Å²) in [7, 11) is -1.91. The van der Waals surface area contributed by atoms with Crippen LogP contribution in [0.15, 0.2) is 28.6 Å². The first-order chi connectivity index (χ1) is 11.0. The summed E-state index contributed by atoms with van der Waals surface area (Å²) in [6, 6.07) is 3.56. The first-order valence-corrected chi connectivity index (χ1v) is 9.94. The number of rotatable bonds is 6. The molecule has 0 unspecified atom stereocenters. The molecular weight excluding hydrogens is 334 g/mol. The van der Waals surface area contributed by atoms with E-state index in [4.69, 9.17) is 4.74 Å². The van der Waals surface area contributed by atoms with Crippen molar-refractivity contribution in [3.05, 3.63) is 23.7 Å². The number of hydrogen-bond donors (Lipinski definition) is 2. The zero-order valence-corrected chi connectivity index (χ0v) is 14.7. The van der Waals surface area contributed by atoms with E-state index in [-0.39, 0.29) is 10.3 Å². The molecular formula is C15H21N3O3S2. The van der Waals surface area contributed by atoms with Crippen LogP contribution in [0.1, 0.15) is 12.8 Å². The van der Waals surface area contributed by atoms with E-state index in [1.54, 1.807) is 13.2 Å². The second kappa shape index (κ2) is 6.82. The van der Waals surface area contributed by atoms with Gasteiger partial charge in [0.2, 0.25) is 10.0 Å². The Balaban J connectivity index is 1.76. The molecule has 2 N–H and O–H groups in total. The molecule has 2 aromatic heterocycles. The van der Waals surface area contributed by atoms with Gasteiger partial charge in [0.05, 0.1) is 16.8 Å². The van der Waals surface area contributed by atoms with Crippen LogP contribution in [-0.4, -0.2) is 46.8 Å². The molecule has 0 saturated carbocycles. The van der Waals surface area contributed by atoms with Crippen LogP contribution in [0, 0.1) is 5.41 Å². The highest BCUT2D eigenvalue weighted by Gasteiger charge is 2.33. The Hall–Kier alpha value is -1.06. The van der Waals surface area contributed by atoms with Gasteiger partial charge in [-0.05, 0) is 43.4 Å². The Morgan fingerprint density at radius 1 is 1.43 bits per heavy atom. The number of aromatic nitrogens is 1. The molecule has 3 heterocycles. The molecule has 126 valence electrons. The summed E-state index contributed by atoms with van der Waals surface area (Å²) in [6.45, 7) is 2.70. The van der Waals surface area contributed by atoms with Crippen LogP contribution in [-0.2, 0) is 14.8 Å². The van der Waals surface area contributed by atoms with Crippen molar-refractivity contribution < 1.29 is 13.2 Å². The van der Waals surface area contributed by atoms with Gasteiger partial charge in [0.15, 0.2) is 0 Å². The first-order valence-electron chi connectivity index (χ1n) is 7.57. The largest absolute Gasteiger partial charge is 0.384 e. The summed E-state index contributed by atoms with van der Waals surface area (Å²) in [5.74, 6) is 0. The molecule has 0 radical (unpaired) electrons. The summed E-state index contributed by atoms with van der Waals surface area (Å²) in [6.07, 6.45) is 3.21. The van der Waals surface area contributed by atoms with Gasteiger partial charge in [-0.3, -0.25) is 4.98 Å². The number of nitrogens with zero attached hydrogens (tertiary/aromatic N) is 1. The van der Waals surface area contributed by atoms with Gasteiger partial charge in [-0.25, -0.2) is 13.1 Å². The number of piperidine rings is 1. The van der Waals surface area contributed by atoms with Crippen LogP contribution in [0.4, 0.5) is 0 Å². The minimum absolute atomic E-state index is 0.145. The Kier molecular flexibility index (Phi) is 4.98. The van der Waals surface area contributed by atoms with E-state index in [0.717, 1.165) is 36.1 Å². The maximum atomic E-state index is 12.6. The van der Waals surface area contributed by atoms with Crippen molar-refractivity contribution >= 4 is 31.6 Å². The average molecular weight is 355 g/mol. The second-order valence-electron chi connectivity index (χ2n) is 5.98. The summed E-state index contributed by atoms with van der Waals surface area (Å²) < 4.78 is 34.1. The highest BCUT2D eigenvalue weighted by molar-refractivity contribution is 7.89. The summed E-state index contributed by atoms with van der Waals surface area (Å²) in [5, 5.41) is 5.21. The molecule has 0 spiro atoms. The molecule has 3 rings (SSSR count). The molecule has 23 heavy (non-hydrogen) atoms. The Morgan fingerprint density at radius 3 is 2.96 bits per heavy atom. The van der Waals surface area contributed by atoms with Crippen molar-refractivity contribution in [2.24, 2.45) is 5.41 Å². The maximum Gasteiger partial charge on any atom is 0.242 e. The van der Waals surface area contributed by atoms with Gasteiger partial charge < -0.3 is 10.1 Å². The smallest absolute Gasteiger partial charge is 0.242 e. The SMILES string of the molecule is COCC1(CNS(=O)(=O)c2cnc3ccsc3c2)CCNCC1. The van der Waals surface area contributed by atoms with Crippen LogP contribution in [0.25, 0.3) is 10.2 Å². The Bertz CT molecular complexity index is 762. The monoisotopic (exact) mass is 355 g/mol. The molecule has 1 saturated heterocycles. The van der Waals surface area contributed by atoms with Crippen LogP contribution in [0.3, 0.4) is 0 Å². The highest BCUT2D eigenvalue weighted by atomic mass is 32.2. The van der Waals surface area contributed by atoms with Crippen molar-refractivity contribution in [2.75, 3.05) is 33.4 Å². The Morgan fingerprint density at radius 2 is 2.22 bits per heavy atom. The Labute approximate surface area is 140 Å². The van der Waals surface area contributed by atoms with Crippen molar-refractivity contribution in [1.29, 1.82) is 0 Å². The van der Waals surface area contributed by atoms with Gasteiger partial charge >= 0.3 is 0 Å². The fourth-order valence-corrected chi connectivity index (χ4v) is 4.92. The minimum atomic E-state index is -3.57. The summed E-state index contributed by atoms with van der Waals surface area (Å²) >= 11 is 1.49. The third-order valence-corrected chi connectivity index (χ3v) is 6.56. The predicted octanol–water partition coefficient (Wildman–Crippen LogP) is 1.59. The quantitative estimate of drug-likeness (QED) is 0.822. The first kappa shape index (κ1) is 16.8. The predicted molar refractivity (Wildman–Crippen MR) is 91.2 cm³/mol. The van der Waals surface area contributed by atoms with E-state index in [0.29, 0.717) is 13.2 Å². The van der Waals surface area contributed by atoms with Crippen LogP contribution < -0.4 is 10.0 Å². The zero-order chi connectivity index (χ0) is 16.3. The lowest BCUT2D eigenvalue weighted by Gasteiger charge is -2.37. The third kappa shape index (κ3) is 3.72. The van der Waals surface area contributed by atoms with Gasteiger partial charge in [0.25, 0.3) is 0 Å². The number of ether oxygens (including phenoxy) is 1. The van der Waals surface area contributed by atoms with Crippen LogP contribution in [0.5, 0.6) is 0 Å². The normalized spacial score (nSPS) is 18.3. The third-order valence-electron chi connectivity index (χ3n) is 4.34. The number of sulfonamides is 1. The van der Waals surface area contributed by atoms with Gasteiger partial charge in [-0.1, -0.05) is 0 Å². The molecule has 0 atom stereocenters. The number of methoxy groups -OCH3 is 1. The van der Waals surface area contributed by atoms with E-state index in [1.807, 2.05) is 11.4 Å². The number of hydrogen-bond acceptors (Lipinski definition) is 6. The summed E-state index contributed by atoms with van der Waals surface area (Å²) in [4.78, 5) is 4.43. The zero-order valence-electron chi connectivity index (χ0n) is 13.0. The summed E-state index contributed by atoms with van der Waals surface area (Å²) in [5.41, 5.74) is 0.677. The van der Waals surface area contributed by atoms with Gasteiger partial charge in [0, 0.05) is 25.3 Å². The van der Waals surface area contributed by atoms with E-state index in [2.05, 4.69) is 15.0 Å². The van der Waals surface area contributed by atoms with Gasteiger partial charge in [-0.2, -0.15) is 0 Å². The second-order valence-corrected chi connectivity index (χ2v) is 8.70. The van der Waals surface area contributed by atoms with Crippen molar-refractivity contribution in [3.8, 4) is 0 Å². The van der Waals surface area contributed by atoms with Crippen molar-refractivity contribution in [1.82, 2.24) is 15.0 Å². The lowest BCUT2D eigenvalue weighted by molar-refractivity contribution is 0.0577. The van der Waals surface area contributed by atoms with E-state index in [1.165, 1.54) is 17.5 Å². The van der Waals surface area contributed by atoms with Crippen molar-refractivity contribution in [2.45, 2.75) is 17.7 Å². The number of fused-ring (bicyclic) bond motifs is 1. The molecule has 1 aliphatic heterocycles. The van der Waals surface area contributed by atoms with E-state index >= 15 is 0 Å².